The summed E-state index contributed by atoms with van der Waals surface area (Å²) in [5, 5.41) is 0. The van der Waals surface area contributed by atoms with Gasteiger partial charge in [-0.2, -0.15) is 0 Å². The van der Waals surface area contributed by atoms with Gasteiger partial charge in [0.1, 0.15) is 25.3 Å². The first-order chi connectivity index (χ1) is 12.5. The van der Waals surface area contributed by atoms with Crippen LogP contribution in [0.4, 0.5) is 4.39 Å². The van der Waals surface area contributed by atoms with Gasteiger partial charge in [-0.15, -0.1) is 0 Å². The number of carbonyl (C=O) groups excluding carboxylic acids is 2. The molecule has 2 aromatic rings. The van der Waals surface area contributed by atoms with Gasteiger partial charge in [-0.05, 0) is 44.2 Å². The number of aryl methyl sites for hydroxylation is 1. The molecule has 26 heavy (non-hydrogen) atoms. The zero-order valence-corrected chi connectivity index (χ0v) is 14.5. The minimum atomic E-state index is -0.745. The fourth-order valence-corrected chi connectivity index (χ4v) is 2.79. The lowest BCUT2D eigenvalue weighted by atomic mass is 10.1. The van der Waals surface area contributed by atoms with Gasteiger partial charge in [0.15, 0.2) is 6.61 Å². The molecule has 0 N–H and O–H groups in total. The molecule has 6 nitrogen and oxygen atoms in total. The van der Waals surface area contributed by atoms with Crippen LogP contribution in [-0.2, 0) is 19.0 Å². The Balaban J connectivity index is 1.74. The van der Waals surface area contributed by atoms with Crippen molar-refractivity contribution in [2.45, 2.75) is 13.8 Å². The Bertz CT molecular complexity index is 867. The minimum absolute atomic E-state index is 0.0548. The summed E-state index contributed by atoms with van der Waals surface area (Å²) in [4.78, 5) is 24.3. The van der Waals surface area contributed by atoms with Crippen LogP contribution in [0.5, 0.6) is 0 Å². The van der Waals surface area contributed by atoms with Crippen LogP contribution < -0.4 is 0 Å². The summed E-state index contributed by atoms with van der Waals surface area (Å²) in [7, 11) is 0. The molecule has 1 aromatic heterocycles. The van der Waals surface area contributed by atoms with Crippen LogP contribution in [0.25, 0.3) is 5.69 Å². The third kappa shape index (κ3) is 3.61. The van der Waals surface area contributed by atoms with Crippen molar-refractivity contribution in [3.8, 4) is 5.69 Å². The van der Waals surface area contributed by atoms with Crippen molar-refractivity contribution in [3.05, 3.63) is 65.1 Å². The Morgan fingerprint density at radius 1 is 1.19 bits per heavy atom. The monoisotopic (exact) mass is 359 g/mol. The molecule has 0 atom stereocenters. The number of hydrogen-bond donors (Lipinski definition) is 0. The van der Waals surface area contributed by atoms with Crippen molar-refractivity contribution in [1.82, 2.24) is 4.57 Å². The van der Waals surface area contributed by atoms with Gasteiger partial charge in [0.05, 0.1) is 0 Å². The molecule has 0 saturated heterocycles. The Kier molecular flexibility index (Phi) is 5.06. The number of ether oxygens (including phenoxy) is 3. The second-order valence-electron chi connectivity index (χ2n) is 5.80. The maximum absolute atomic E-state index is 13.1. The van der Waals surface area contributed by atoms with Crippen LogP contribution in [-0.4, -0.2) is 36.1 Å². The van der Waals surface area contributed by atoms with Gasteiger partial charge in [0.2, 0.25) is 11.5 Å². The van der Waals surface area contributed by atoms with Crippen molar-refractivity contribution in [2.75, 3.05) is 19.8 Å². The molecule has 0 bridgehead atoms. The fourth-order valence-electron chi connectivity index (χ4n) is 2.79. The number of hydrogen-bond acceptors (Lipinski definition) is 5. The first kappa shape index (κ1) is 17.7. The predicted molar refractivity (Wildman–Crippen MR) is 90.5 cm³/mol. The summed E-state index contributed by atoms with van der Waals surface area (Å²) < 4.78 is 30.1. The van der Waals surface area contributed by atoms with Gasteiger partial charge in [-0.25, -0.2) is 9.18 Å². The lowest BCUT2D eigenvalue weighted by Crippen LogP contribution is -2.20. The summed E-state index contributed by atoms with van der Waals surface area (Å²) in [6.07, 6.45) is 1.18. The number of esters is 1. The number of nitrogens with zero attached hydrogens (tertiary/aromatic N) is 1. The topological polar surface area (TPSA) is 66.8 Å². The maximum atomic E-state index is 13.1. The Morgan fingerprint density at radius 3 is 2.58 bits per heavy atom. The molecule has 1 aliphatic heterocycles. The average Bonchev–Trinajstić information content (AvgIpc) is 2.95. The highest BCUT2D eigenvalue weighted by molar-refractivity contribution is 6.00. The van der Waals surface area contributed by atoms with E-state index in [0.29, 0.717) is 17.9 Å². The molecular weight excluding hydrogens is 341 g/mol. The van der Waals surface area contributed by atoms with E-state index in [1.54, 1.807) is 25.1 Å². The van der Waals surface area contributed by atoms with Crippen LogP contribution in [0.15, 0.2) is 42.4 Å². The quantitative estimate of drug-likeness (QED) is 0.607. The van der Waals surface area contributed by atoms with Gasteiger partial charge in [-0.3, -0.25) is 4.79 Å². The van der Waals surface area contributed by atoms with Crippen molar-refractivity contribution in [1.29, 1.82) is 0 Å². The maximum Gasteiger partial charge on any atom is 0.377 e. The number of ketones is 1. The number of benzene rings is 1. The second kappa shape index (κ2) is 7.43. The molecule has 0 saturated carbocycles. The van der Waals surface area contributed by atoms with E-state index >= 15 is 0 Å². The van der Waals surface area contributed by atoms with Gasteiger partial charge in [-0.1, -0.05) is 0 Å². The van der Waals surface area contributed by atoms with Gasteiger partial charge in [0, 0.05) is 22.6 Å². The smallest absolute Gasteiger partial charge is 0.377 e. The molecule has 1 aromatic carbocycles. The first-order valence-electron chi connectivity index (χ1n) is 8.07. The van der Waals surface area contributed by atoms with E-state index in [1.165, 1.54) is 18.4 Å². The summed E-state index contributed by atoms with van der Waals surface area (Å²) in [6, 6.07) is 7.70. The van der Waals surface area contributed by atoms with Crippen LogP contribution in [0.2, 0.25) is 0 Å². The van der Waals surface area contributed by atoms with Crippen molar-refractivity contribution in [3.63, 3.8) is 0 Å². The van der Waals surface area contributed by atoms with Crippen LogP contribution in [0, 0.1) is 19.7 Å². The van der Waals surface area contributed by atoms with E-state index < -0.39 is 12.6 Å². The number of halogens is 1. The van der Waals surface area contributed by atoms with E-state index in [-0.39, 0.29) is 24.0 Å². The summed E-state index contributed by atoms with van der Waals surface area (Å²) in [5.41, 5.74) is 2.69. The lowest BCUT2D eigenvalue weighted by Gasteiger charge is -2.14. The van der Waals surface area contributed by atoms with Gasteiger partial charge < -0.3 is 18.8 Å². The molecule has 0 unspecified atom stereocenters. The Hall–Kier alpha value is -3.09. The molecule has 0 amide bonds. The number of carbonyl (C=O) groups is 2. The van der Waals surface area contributed by atoms with Gasteiger partial charge in [0.25, 0.3) is 0 Å². The third-order valence-corrected chi connectivity index (χ3v) is 4.00. The Labute approximate surface area is 149 Å². The molecule has 3 rings (SSSR count). The zero-order valence-electron chi connectivity index (χ0n) is 14.5. The average molecular weight is 359 g/mol. The molecule has 0 radical (unpaired) electrons. The summed E-state index contributed by atoms with van der Waals surface area (Å²) >= 11 is 0. The molecule has 0 fully saturated rings. The molecular formula is C19H18FNO5. The molecule has 2 heterocycles. The second-order valence-corrected chi connectivity index (χ2v) is 5.80. The summed E-state index contributed by atoms with van der Waals surface area (Å²) in [5.74, 6) is -1.47. The SMILES string of the molecule is Cc1cc(C(=O)COC(=O)C2=COCCO2)c(C)n1-c1ccc(F)cc1. The molecule has 136 valence electrons. The van der Waals surface area contributed by atoms with E-state index in [0.717, 1.165) is 11.4 Å². The zero-order chi connectivity index (χ0) is 18.7. The highest BCUT2D eigenvalue weighted by Gasteiger charge is 2.21. The molecule has 0 aliphatic carbocycles. The number of rotatable bonds is 5. The molecule has 7 heteroatoms. The van der Waals surface area contributed by atoms with Gasteiger partial charge >= 0.3 is 5.97 Å². The van der Waals surface area contributed by atoms with E-state index in [2.05, 4.69) is 0 Å². The largest absolute Gasteiger partial charge is 0.493 e. The fraction of sp³-hybridized carbons (Fsp3) is 0.263. The Morgan fingerprint density at radius 2 is 1.92 bits per heavy atom. The minimum Gasteiger partial charge on any atom is -0.493 e. The van der Waals surface area contributed by atoms with Crippen LogP contribution in [0.3, 0.4) is 0 Å². The van der Waals surface area contributed by atoms with E-state index in [4.69, 9.17) is 14.2 Å². The van der Waals surface area contributed by atoms with Crippen LogP contribution >= 0.6 is 0 Å². The first-order valence-corrected chi connectivity index (χ1v) is 8.07. The van der Waals surface area contributed by atoms with Crippen molar-refractivity contribution in [2.24, 2.45) is 0 Å². The number of Topliss-reactive ketones (excluding diaryl/α,β-unsaturated/α-hetero) is 1. The number of aromatic nitrogens is 1. The normalized spacial score (nSPS) is 13.4. The lowest BCUT2D eigenvalue weighted by molar-refractivity contribution is -0.143. The van der Waals surface area contributed by atoms with Crippen molar-refractivity contribution >= 4 is 11.8 Å². The molecule has 1 aliphatic rings. The van der Waals surface area contributed by atoms with Crippen LogP contribution in [0.1, 0.15) is 21.7 Å². The standard InChI is InChI=1S/C19H18FNO5/c1-12-9-16(13(2)21(12)15-5-3-14(20)4-6-15)17(22)10-26-19(23)18-11-24-7-8-25-18/h3-6,9,11H,7-8,10H2,1-2H3. The molecule has 0 spiro atoms. The van der Waals surface area contributed by atoms with Crippen molar-refractivity contribution < 1.29 is 28.2 Å². The predicted octanol–water partition coefficient (Wildman–Crippen LogP) is 2.85. The third-order valence-electron chi connectivity index (χ3n) is 4.00. The van der Waals surface area contributed by atoms with E-state index in [9.17, 15) is 14.0 Å². The highest BCUT2D eigenvalue weighted by Crippen LogP contribution is 2.21. The highest BCUT2D eigenvalue weighted by atomic mass is 19.1. The van der Waals surface area contributed by atoms with E-state index in [1.807, 2.05) is 11.5 Å². The summed E-state index contributed by atoms with van der Waals surface area (Å²) in [6.45, 7) is 3.84.